The number of phenolic OH excluding ortho intramolecular Hbond substituents is 1. The van der Waals surface area contributed by atoms with Gasteiger partial charge in [-0.25, -0.2) is 0 Å². The lowest BCUT2D eigenvalue weighted by atomic mass is 9.54. The van der Waals surface area contributed by atoms with Gasteiger partial charge in [-0.15, -0.1) is 0 Å². The third-order valence-corrected chi connectivity index (χ3v) is 8.49. The number of benzene rings is 2. The van der Waals surface area contributed by atoms with Crippen molar-refractivity contribution in [2.24, 2.45) is 23.7 Å². The Morgan fingerprint density at radius 1 is 1.03 bits per heavy atom. The van der Waals surface area contributed by atoms with Crippen molar-refractivity contribution in [1.82, 2.24) is 0 Å². The lowest BCUT2D eigenvalue weighted by Gasteiger charge is -2.50. The average molecular weight is 517 g/mol. The second-order valence-electron chi connectivity index (χ2n) is 11.4. The van der Waals surface area contributed by atoms with Crippen LogP contribution in [0.15, 0.2) is 47.2 Å². The highest BCUT2D eigenvalue weighted by Gasteiger charge is 2.63. The van der Waals surface area contributed by atoms with Crippen molar-refractivity contribution in [2.75, 3.05) is 0 Å². The van der Waals surface area contributed by atoms with E-state index >= 15 is 0 Å². The third-order valence-electron chi connectivity index (χ3n) is 8.49. The molecule has 0 aliphatic heterocycles. The number of phenols is 1. The summed E-state index contributed by atoms with van der Waals surface area (Å²) in [6.07, 6.45) is 0.416. The molecule has 0 saturated heterocycles. The minimum Gasteiger partial charge on any atom is -0.508 e. The fourth-order valence-corrected chi connectivity index (χ4v) is 6.99. The van der Waals surface area contributed by atoms with E-state index in [4.69, 9.17) is 0 Å². The highest BCUT2D eigenvalue weighted by Crippen LogP contribution is 2.55. The molecular formula is C31H32O7. The molecule has 198 valence electrons. The van der Waals surface area contributed by atoms with Gasteiger partial charge in [0.15, 0.2) is 17.2 Å². The maximum atomic E-state index is 14.0. The lowest BCUT2D eigenvalue weighted by Crippen LogP contribution is -2.61. The van der Waals surface area contributed by atoms with Gasteiger partial charge in [-0.05, 0) is 68.2 Å². The summed E-state index contributed by atoms with van der Waals surface area (Å²) in [4.78, 5) is 39.6. The van der Waals surface area contributed by atoms with Gasteiger partial charge in [-0.3, -0.25) is 14.4 Å². The summed E-state index contributed by atoms with van der Waals surface area (Å²) in [7, 11) is 0. The monoisotopic (exact) mass is 516 g/mol. The molecule has 3 aliphatic carbocycles. The number of Topliss-reactive ketones (excluding diaryl/α,β-unsaturated/α-hetero) is 3. The number of fused-ring (bicyclic) bond motifs is 3. The molecule has 38 heavy (non-hydrogen) atoms. The topological polar surface area (TPSA) is 132 Å². The first-order chi connectivity index (χ1) is 17.8. The molecule has 1 saturated carbocycles. The van der Waals surface area contributed by atoms with Gasteiger partial charge < -0.3 is 20.4 Å². The smallest absolute Gasteiger partial charge is 0.202 e. The van der Waals surface area contributed by atoms with Crippen LogP contribution in [-0.4, -0.2) is 43.4 Å². The van der Waals surface area contributed by atoms with Crippen LogP contribution < -0.4 is 0 Å². The highest BCUT2D eigenvalue weighted by molar-refractivity contribution is 6.24. The van der Waals surface area contributed by atoms with E-state index in [1.165, 1.54) is 6.07 Å². The van der Waals surface area contributed by atoms with Gasteiger partial charge in [-0.1, -0.05) is 49.2 Å². The van der Waals surface area contributed by atoms with Crippen molar-refractivity contribution in [3.63, 3.8) is 0 Å². The molecule has 4 atom stereocenters. The molecule has 0 amide bonds. The minimum atomic E-state index is -2.53. The van der Waals surface area contributed by atoms with E-state index in [2.05, 4.69) is 0 Å². The number of aryl methyl sites for hydroxylation is 2. The van der Waals surface area contributed by atoms with Crippen LogP contribution in [-0.2, 0) is 20.8 Å². The average Bonchev–Trinajstić information content (AvgIpc) is 2.80. The molecule has 0 radical (unpaired) electrons. The molecule has 7 heteroatoms. The Kier molecular flexibility index (Phi) is 5.91. The molecule has 0 aromatic heterocycles. The van der Waals surface area contributed by atoms with Gasteiger partial charge in [0.2, 0.25) is 5.78 Å². The van der Waals surface area contributed by atoms with Crippen LogP contribution in [0.4, 0.5) is 0 Å². The van der Waals surface area contributed by atoms with Crippen LogP contribution >= 0.6 is 0 Å². The molecule has 5 rings (SSSR count). The van der Waals surface area contributed by atoms with E-state index in [0.29, 0.717) is 5.56 Å². The fourth-order valence-electron chi connectivity index (χ4n) is 6.99. The van der Waals surface area contributed by atoms with Gasteiger partial charge in [-0.2, -0.15) is 0 Å². The second kappa shape index (κ2) is 8.67. The van der Waals surface area contributed by atoms with Crippen molar-refractivity contribution in [2.45, 2.75) is 53.1 Å². The third kappa shape index (κ3) is 3.48. The summed E-state index contributed by atoms with van der Waals surface area (Å²) in [6, 6.07) is 9.33. The number of hydrogen-bond acceptors (Lipinski definition) is 7. The molecule has 2 aromatic carbocycles. The summed E-state index contributed by atoms with van der Waals surface area (Å²) in [6.45, 7) is 8.65. The molecule has 3 aliphatic rings. The highest BCUT2D eigenvalue weighted by atomic mass is 16.3. The molecule has 0 spiro atoms. The van der Waals surface area contributed by atoms with Crippen molar-refractivity contribution in [3.05, 3.63) is 69.5 Å². The van der Waals surface area contributed by atoms with Gasteiger partial charge in [0.05, 0.1) is 5.56 Å². The van der Waals surface area contributed by atoms with E-state index < -0.39 is 57.8 Å². The zero-order valence-corrected chi connectivity index (χ0v) is 22.1. The molecule has 0 bridgehead atoms. The predicted octanol–water partition coefficient (Wildman–Crippen LogP) is 4.69. The fraction of sp³-hybridized carbons (Fsp3) is 0.387. The van der Waals surface area contributed by atoms with Gasteiger partial charge in [0, 0.05) is 17.4 Å². The van der Waals surface area contributed by atoms with Crippen molar-refractivity contribution in [3.8, 4) is 16.9 Å². The summed E-state index contributed by atoms with van der Waals surface area (Å²) in [5.41, 5.74) is 1.43. The van der Waals surface area contributed by atoms with Crippen LogP contribution in [0.2, 0.25) is 0 Å². The Labute approximate surface area is 221 Å². The second-order valence-corrected chi connectivity index (χ2v) is 11.4. The molecule has 4 N–H and O–H groups in total. The molecule has 2 aromatic rings. The number of aliphatic hydroxyl groups excluding tert-OH is 2. The lowest BCUT2D eigenvalue weighted by molar-refractivity contribution is -0.155. The molecular weight excluding hydrogens is 484 g/mol. The van der Waals surface area contributed by atoms with E-state index in [-0.39, 0.29) is 35.6 Å². The van der Waals surface area contributed by atoms with Crippen LogP contribution in [0.3, 0.4) is 0 Å². The first-order valence-electron chi connectivity index (χ1n) is 12.9. The van der Waals surface area contributed by atoms with Crippen molar-refractivity contribution in [1.29, 1.82) is 0 Å². The van der Waals surface area contributed by atoms with Crippen LogP contribution in [0.25, 0.3) is 16.9 Å². The number of carbonyl (C=O) groups excluding carboxylic acids is 3. The summed E-state index contributed by atoms with van der Waals surface area (Å²) in [5.74, 6) is -6.58. The Hall–Kier alpha value is -3.71. The zero-order valence-electron chi connectivity index (χ0n) is 22.1. The number of carbonyl (C=O) groups is 3. The number of allylic oxidation sites excluding steroid dienone is 1. The van der Waals surface area contributed by atoms with Gasteiger partial charge in [0.25, 0.3) is 0 Å². The van der Waals surface area contributed by atoms with Gasteiger partial charge in [0.1, 0.15) is 22.8 Å². The molecule has 7 nitrogen and oxygen atoms in total. The van der Waals surface area contributed by atoms with E-state index in [9.17, 15) is 34.8 Å². The van der Waals surface area contributed by atoms with Crippen molar-refractivity contribution < 1.29 is 34.8 Å². The predicted molar refractivity (Wildman–Crippen MR) is 141 cm³/mol. The number of rotatable bonds is 3. The first-order valence-corrected chi connectivity index (χ1v) is 12.9. The molecule has 4 unspecified atom stereocenters. The summed E-state index contributed by atoms with van der Waals surface area (Å²) >= 11 is 0. The largest absolute Gasteiger partial charge is 0.508 e. The van der Waals surface area contributed by atoms with E-state index in [1.807, 2.05) is 32.0 Å². The minimum absolute atomic E-state index is 0.101. The Bertz CT molecular complexity index is 1470. The van der Waals surface area contributed by atoms with Crippen molar-refractivity contribution >= 4 is 23.1 Å². The van der Waals surface area contributed by atoms with Crippen LogP contribution in [0.5, 0.6) is 5.75 Å². The van der Waals surface area contributed by atoms with E-state index in [0.717, 1.165) is 29.2 Å². The summed E-state index contributed by atoms with van der Waals surface area (Å²) < 4.78 is 0. The normalized spacial score (nSPS) is 26.9. The Morgan fingerprint density at radius 2 is 1.66 bits per heavy atom. The maximum Gasteiger partial charge on any atom is 0.202 e. The molecule has 0 heterocycles. The van der Waals surface area contributed by atoms with Crippen LogP contribution in [0.1, 0.15) is 49.4 Å². The number of ketones is 3. The Balaban J connectivity index is 1.75. The van der Waals surface area contributed by atoms with E-state index in [1.54, 1.807) is 19.9 Å². The summed E-state index contributed by atoms with van der Waals surface area (Å²) in [5, 5.41) is 45.0. The SMILES string of the molecule is CC(=O)C1=C(O)C2(O)C(=O)C3=C(O)c4c(O)ccc(-c5cc(C)cc(C)c5)c4CC3CC2C(C(C)C)C1=O. The van der Waals surface area contributed by atoms with Gasteiger partial charge >= 0.3 is 0 Å². The quantitative estimate of drug-likeness (QED) is 0.435. The molecule has 1 fully saturated rings. The zero-order chi connectivity index (χ0) is 27.8. The standard InChI is InChI=1S/C31H32O7/c1-13(2)23-21-12-18-11-20-19(17-9-14(3)8-15(4)10-17)6-7-22(33)26(20)28(35)25(18)30(37)31(21,38)29(36)24(16(5)32)27(23)34/h6-10,13,18,21,23,33,35-36,38H,11-12H2,1-5H3. The maximum absolute atomic E-state index is 14.0. The number of hydrogen-bond donors (Lipinski definition) is 4. The first kappa shape index (κ1) is 25.9. The van der Waals surface area contributed by atoms with Crippen LogP contribution in [0, 0.1) is 37.5 Å². The number of aromatic hydroxyl groups is 1. The Morgan fingerprint density at radius 3 is 2.24 bits per heavy atom. The number of aliphatic hydroxyl groups is 3.